The van der Waals surface area contributed by atoms with Gasteiger partial charge in [-0.3, -0.25) is 9.67 Å². The van der Waals surface area contributed by atoms with Gasteiger partial charge < -0.3 is 0 Å². The predicted molar refractivity (Wildman–Crippen MR) is 67.7 cm³/mol. The Hall–Kier alpha value is -1.27. The number of benzene rings is 1. The normalized spacial score (nSPS) is 10.9. The summed E-state index contributed by atoms with van der Waals surface area (Å²) in [4.78, 5) is 0. The number of aryl methyl sites for hydroxylation is 1. The Bertz CT molecular complexity index is 612. The highest BCUT2D eigenvalue weighted by Crippen LogP contribution is 2.26. The van der Waals surface area contributed by atoms with E-state index in [2.05, 4.69) is 10.2 Å². The van der Waals surface area contributed by atoms with Crippen LogP contribution in [0.15, 0.2) is 12.1 Å². The molecule has 0 saturated carbocycles. The van der Waals surface area contributed by atoms with Crippen molar-refractivity contribution in [1.82, 2.24) is 14.8 Å². The van der Waals surface area contributed by atoms with Gasteiger partial charge in [-0.05, 0) is 24.7 Å². The molecule has 0 bridgehead atoms. The molecule has 96 valence electrons. The van der Waals surface area contributed by atoms with E-state index in [1.54, 1.807) is 0 Å². The third kappa shape index (κ3) is 2.30. The highest BCUT2D eigenvalue weighted by atomic mass is 35.5. The Labute approximate surface area is 112 Å². The molecule has 0 amide bonds. The molecule has 0 aliphatic carbocycles. The van der Waals surface area contributed by atoms with Gasteiger partial charge in [0.2, 0.25) is 0 Å². The summed E-state index contributed by atoms with van der Waals surface area (Å²) < 4.78 is 28.5. The largest absolute Gasteiger partial charge is 0.268 e. The lowest BCUT2D eigenvalue weighted by molar-refractivity contribution is 0.575. The summed E-state index contributed by atoms with van der Waals surface area (Å²) in [6.45, 7) is 1.96. The molecule has 0 aliphatic heterocycles. The van der Waals surface area contributed by atoms with Crippen molar-refractivity contribution in [3.8, 4) is 5.69 Å². The molecule has 1 aromatic heterocycles. The summed E-state index contributed by atoms with van der Waals surface area (Å²) in [5.74, 6) is -0.932. The number of rotatable bonds is 3. The van der Waals surface area contributed by atoms with Gasteiger partial charge in [0, 0.05) is 12.5 Å². The first-order valence-electron chi connectivity index (χ1n) is 5.35. The number of aromatic nitrogens is 3. The van der Waals surface area contributed by atoms with Crippen LogP contribution in [0.3, 0.4) is 0 Å². The zero-order valence-corrected chi connectivity index (χ0v) is 11.1. The molecule has 2 rings (SSSR count). The van der Waals surface area contributed by atoms with Crippen LogP contribution in [0, 0.1) is 16.4 Å². The van der Waals surface area contributed by atoms with Crippen molar-refractivity contribution < 1.29 is 8.78 Å². The topological polar surface area (TPSA) is 33.6 Å². The first-order valence-corrected chi connectivity index (χ1v) is 6.14. The van der Waals surface area contributed by atoms with Crippen LogP contribution >= 0.6 is 23.8 Å². The van der Waals surface area contributed by atoms with Crippen molar-refractivity contribution >= 4 is 23.8 Å². The molecule has 3 nitrogen and oxygen atoms in total. The molecule has 0 unspecified atom stereocenters. The van der Waals surface area contributed by atoms with E-state index in [1.807, 2.05) is 6.92 Å². The van der Waals surface area contributed by atoms with Gasteiger partial charge in [-0.2, -0.15) is 5.10 Å². The summed E-state index contributed by atoms with van der Waals surface area (Å²) >= 11 is 10.9. The van der Waals surface area contributed by atoms with Crippen molar-refractivity contribution in [2.75, 3.05) is 0 Å². The minimum Gasteiger partial charge on any atom is -0.268 e. The van der Waals surface area contributed by atoms with Crippen LogP contribution in [0.2, 0.25) is 5.02 Å². The minimum absolute atomic E-state index is 0.0280. The third-order valence-electron chi connectivity index (χ3n) is 2.42. The third-order valence-corrected chi connectivity index (χ3v) is 2.98. The van der Waals surface area contributed by atoms with Crippen molar-refractivity contribution in [3.05, 3.63) is 39.4 Å². The number of halogens is 3. The molecule has 1 aromatic carbocycles. The van der Waals surface area contributed by atoms with E-state index in [-0.39, 0.29) is 15.5 Å². The summed E-state index contributed by atoms with van der Waals surface area (Å²) in [6, 6.07) is 1.82. The maximum atomic E-state index is 13.8. The molecule has 18 heavy (non-hydrogen) atoms. The number of aromatic amines is 1. The average molecular weight is 290 g/mol. The van der Waals surface area contributed by atoms with Crippen LogP contribution in [-0.4, -0.2) is 14.8 Å². The van der Waals surface area contributed by atoms with Gasteiger partial charge >= 0.3 is 0 Å². The molecule has 0 fully saturated rings. The lowest BCUT2D eigenvalue weighted by Gasteiger charge is -2.09. The second kappa shape index (κ2) is 5.16. The minimum atomic E-state index is -0.769. The number of nitrogens with zero attached hydrogens (tertiary/aromatic N) is 2. The van der Waals surface area contributed by atoms with Crippen LogP contribution in [-0.2, 0) is 6.42 Å². The highest BCUT2D eigenvalue weighted by molar-refractivity contribution is 7.71. The fraction of sp³-hybridized carbons (Fsp3) is 0.273. The molecule has 7 heteroatoms. The zero-order chi connectivity index (χ0) is 13.3. The van der Waals surface area contributed by atoms with Crippen LogP contribution in [0.1, 0.15) is 19.2 Å². The van der Waals surface area contributed by atoms with E-state index >= 15 is 0 Å². The average Bonchev–Trinajstić information content (AvgIpc) is 2.61. The zero-order valence-electron chi connectivity index (χ0n) is 9.51. The molecule has 0 spiro atoms. The Morgan fingerprint density at radius 2 is 2.17 bits per heavy atom. The second-order valence-electron chi connectivity index (χ2n) is 3.75. The van der Waals surface area contributed by atoms with Gasteiger partial charge in [0.1, 0.15) is 17.3 Å². The number of hydrogen-bond acceptors (Lipinski definition) is 2. The molecular weight excluding hydrogens is 280 g/mol. The van der Waals surface area contributed by atoms with E-state index in [0.29, 0.717) is 12.2 Å². The first-order chi connectivity index (χ1) is 8.54. The van der Waals surface area contributed by atoms with E-state index in [1.165, 1.54) is 4.57 Å². The van der Waals surface area contributed by atoms with Crippen molar-refractivity contribution in [2.24, 2.45) is 0 Å². The smallest absolute Gasteiger partial charge is 0.200 e. The van der Waals surface area contributed by atoms with E-state index < -0.39 is 11.6 Å². The highest BCUT2D eigenvalue weighted by Gasteiger charge is 2.16. The molecule has 0 aliphatic rings. The van der Waals surface area contributed by atoms with Crippen LogP contribution in [0.4, 0.5) is 8.78 Å². The fourth-order valence-corrected chi connectivity index (χ4v) is 2.22. The van der Waals surface area contributed by atoms with E-state index in [4.69, 9.17) is 23.8 Å². The molecule has 0 saturated heterocycles. The molecule has 0 radical (unpaired) electrons. The standard InChI is InChI=1S/C11H10ClF2N3S/c1-2-3-9-15-16-11(18)17(9)10-7(12)4-6(13)5-8(10)14/h4-5H,2-3H2,1H3,(H,16,18). The number of H-pyrrole nitrogens is 1. The fourth-order valence-electron chi connectivity index (χ4n) is 1.70. The summed E-state index contributed by atoms with van der Waals surface area (Å²) in [5.41, 5.74) is 0.0280. The molecule has 1 heterocycles. The Morgan fingerprint density at radius 3 is 2.78 bits per heavy atom. The van der Waals surface area contributed by atoms with Gasteiger partial charge in [0.15, 0.2) is 10.6 Å². The van der Waals surface area contributed by atoms with Gasteiger partial charge in [0.25, 0.3) is 0 Å². The van der Waals surface area contributed by atoms with Crippen LogP contribution in [0.5, 0.6) is 0 Å². The van der Waals surface area contributed by atoms with Crippen LogP contribution < -0.4 is 0 Å². The van der Waals surface area contributed by atoms with Crippen molar-refractivity contribution in [3.63, 3.8) is 0 Å². The van der Waals surface area contributed by atoms with E-state index in [0.717, 1.165) is 18.6 Å². The maximum Gasteiger partial charge on any atom is 0.200 e. The Balaban J connectivity index is 2.69. The van der Waals surface area contributed by atoms with Gasteiger partial charge in [0.05, 0.1) is 5.02 Å². The first kappa shape index (κ1) is 13.2. The quantitative estimate of drug-likeness (QED) is 0.872. The predicted octanol–water partition coefficient (Wildman–Crippen LogP) is 3.81. The molecule has 2 aromatic rings. The number of hydrogen-bond donors (Lipinski definition) is 1. The van der Waals surface area contributed by atoms with Crippen LogP contribution in [0.25, 0.3) is 5.69 Å². The Kier molecular flexibility index (Phi) is 3.77. The van der Waals surface area contributed by atoms with Gasteiger partial charge in [-0.25, -0.2) is 8.78 Å². The number of nitrogens with one attached hydrogen (secondary N) is 1. The summed E-state index contributed by atoms with van der Waals surface area (Å²) in [5, 5.41) is 6.56. The Morgan fingerprint density at radius 1 is 1.44 bits per heavy atom. The lowest BCUT2D eigenvalue weighted by atomic mass is 10.2. The summed E-state index contributed by atoms with van der Waals surface area (Å²) in [7, 11) is 0. The van der Waals surface area contributed by atoms with Crippen molar-refractivity contribution in [2.45, 2.75) is 19.8 Å². The molecule has 1 N–H and O–H groups in total. The lowest BCUT2D eigenvalue weighted by Crippen LogP contribution is -2.05. The maximum absolute atomic E-state index is 13.8. The van der Waals surface area contributed by atoms with Crippen molar-refractivity contribution in [1.29, 1.82) is 0 Å². The molecular formula is C11H10ClF2N3S. The van der Waals surface area contributed by atoms with E-state index in [9.17, 15) is 8.78 Å². The molecule has 0 atom stereocenters. The monoisotopic (exact) mass is 289 g/mol. The van der Waals surface area contributed by atoms with Gasteiger partial charge in [-0.15, -0.1) is 0 Å². The second-order valence-corrected chi connectivity index (χ2v) is 4.54. The van der Waals surface area contributed by atoms with Gasteiger partial charge in [-0.1, -0.05) is 18.5 Å². The SMILES string of the molecule is CCCc1n[nH]c(=S)n1-c1c(F)cc(F)cc1Cl. The summed E-state index contributed by atoms with van der Waals surface area (Å²) in [6.07, 6.45) is 1.43.